The lowest BCUT2D eigenvalue weighted by molar-refractivity contribution is -0.138. The number of alkyl carbamates (subject to hydrolysis) is 2. The van der Waals surface area contributed by atoms with Gasteiger partial charge in [0.15, 0.2) is 0 Å². The second kappa shape index (κ2) is 15.0. The summed E-state index contributed by atoms with van der Waals surface area (Å²) in [5, 5.41) is 7.51. The van der Waals surface area contributed by atoms with E-state index in [0.717, 1.165) is 87.9 Å². The first-order valence-electron chi connectivity index (χ1n) is 19.4. The summed E-state index contributed by atoms with van der Waals surface area (Å²) in [5.41, 5.74) is 5.70. The Bertz CT molecular complexity index is 2320. The molecule has 2 aromatic heterocycles. The van der Waals surface area contributed by atoms with Crippen molar-refractivity contribution in [2.24, 2.45) is 11.8 Å². The van der Waals surface area contributed by atoms with Crippen LogP contribution < -0.4 is 10.6 Å². The van der Waals surface area contributed by atoms with E-state index in [2.05, 4.69) is 69.1 Å². The van der Waals surface area contributed by atoms with Crippen LogP contribution in [-0.2, 0) is 19.1 Å². The van der Waals surface area contributed by atoms with Crippen LogP contribution in [0.15, 0.2) is 60.8 Å². The monoisotopic (exact) mass is 760 g/mol. The number of carbonyl (C=O) groups is 4. The number of H-pyrrole nitrogens is 2. The smallest absolute Gasteiger partial charge is 0.407 e. The molecule has 1 aliphatic carbocycles. The van der Waals surface area contributed by atoms with Gasteiger partial charge in [-0.25, -0.2) is 19.6 Å². The zero-order chi connectivity index (χ0) is 39.2. The van der Waals surface area contributed by atoms with Crippen LogP contribution in [0.1, 0.15) is 76.6 Å². The van der Waals surface area contributed by atoms with E-state index < -0.39 is 24.3 Å². The molecular weight excluding hydrogens is 713 g/mol. The minimum absolute atomic E-state index is 0.108. The van der Waals surface area contributed by atoms with Gasteiger partial charge < -0.3 is 39.9 Å². The molecule has 0 spiro atoms. The van der Waals surface area contributed by atoms with E-state index in [9.17, 15) is 19.2 Å². The summed E-state index contributed by atoms with van der Waals surface area (Å²) < 4.78 is 9.49. The molecule has 14 heteroatoms. The van der Waals surface area contributed by atoms with E-state index in [1.165, 1.54) is 14.2 Å². The number of imidazole rings is 2. The van der Waals surface area contributed by atoms with Gasteiger partial charge in [0.2, 0.25) is 11.8 Å². The number of amides is 4. The van der Waals surface area contributed by atoms with Crippen molar-refractivity contribution >= 4 is 45.8 Å². The standard InChI is InChI=1S/C42H48N8O6/c1-22(2)35(48-42(54)56-5)40(52)49-16-6-7-34(49)37-45-31-15-13-27(20-32(31)46-37)25-8-9-26-18-28(11-10-24(26)17-25)33-21-43-38(47-33)36-29-12-14-30(19-29)50(36)39(51)23(3)44-41(53)55-4/h8-11,13,15,17-18,20-23,29-30,34-36H,6-7,12,14,16,19H2,1-5H3,(H,43,47)(H,44,53)(H,45,46)(H,48,54)/t23-,29-,30+,34-,35-,36-/m0/s1. The molecule has 3 aliphatic rings. The van der Waals surface area contributed by atoms with Crippen molar-refractivity contribution in [3.8, 4) is 22.4 Å². The highest BCUT2D eigenvalue weighted by molar-refractivity contribution is 5.92. The zero-order valence-electron chi connectivity index (χ0n) is 32.3. The van der Waals surface area contributed by atoms with Crippen LogP contribution in [0.4, 0.5) is 9.59 Å². The van der Waals surface area contributed by atoms with Crippen molar-refractivity contribution in [2.75, 3.05) is 20.8 Å². The number of aromatic nitrogens is 4. The molecule has 56 heavy (non-hydrogen) atoms. The molecule has 3 fully saturated rings. The van der Waals surface area contributed by atoms with Crippen molar-refractivity contribution in [3.63, 3.8) is 0 Å². The third-order valence-corrected chi connectivity index (χ3v) is 11.8. The largest absolute Gasteiger partial charge is 0.453 e. The van der Waals surface area contributed by atoms with Gasteiger partial charge in [-0.2, -0.15) is 0 Å². The van der Waals surface area contributed by atoms with Crippen molar-refractivity contribution in [1.82, 2.24) is 40.4 Å². The Hall–Kier alpha value is -5.92. The topological polar surface area (TPSA) is 175 Å². The molecule has 6 atom stereocenters. The lowest BCUT2D eigenvalue weighted by atomic mass is 9.97. The second-order valence-corrected chi connectivity index (χ2v) is 15.6. The van der Waals surface area contributed by atoms with Crippen LogP contribution >= 0.6 is 0 Å². The summed E-state index contributed by atoms with van der Waals surface area (Å²) in [5.74, 6) is 1.45. The molecular formula is C42H48N8O6. The Balaban J connectivity index is 0.995. The minimum Gasteiger partial charge on any atom is -0.453 e. The highest BCUT2D eigenvalue weighted by atomic mass is 16.5. The number of nitrogens with one attached hydrogen (secondary N) is 4. The van der Waals surface area contributed by atoms with E-state index in [0.29, 0.717) is 12.5 Å². The Morgan fingerprint density at radius 1 is 0.804 bits per heavy atom. The van der Waals surface area contributed by atoms with Crippen LogP contribution in [0.2, 0.25) is 0 Å². The van der Waals surface area contributed by atoms with Crippen LogP contribution in [0, 0.1) is 11.8 Å². The Kier molecular flexibility index (Phi) is 9.89. The maximum Gasteiger partial charge on any atom is 0.407 e. The van der Waals surface area contributed by atoms with Gasteiger partial charge in [-0.15, -0.1) is 0 Å². The normalized spacial score (nSPS) is 21.5. The lowest BCUT2D eigenvalue weighted by Crippen LogP contribution is -2.51. The number of fused-ring (bicyclic) bond motifs is 4. The van der Waals surface area contributed by atoms with Crippen LogP contribution in [0.5, 0.6) is 0 Å². The maximum absolute atomic E-state index is 13.6. The first kappa shape index (κ1) is 37.0. The number of hydrogen-bond donors (Lipinski definition) is 4. The second-order valence-electron chi connectivity index (χ2n) is 15.6. The number of benzene rings is 3. The van der Waals surface area contributed by atoms with Gasteiger partial charge in [-0.1, -0.05) is 44.2 Å². The van der Waals surface area contributed by atoms with Crippen molar-refractivity contribution < 1.29 is 28.7 Å². The average molecular weight is 761 g/mol. The average Bonchev–Trinajstić information content (AvgIpc) is 4.06. The molecule has 4 amide bonds. The minimum atomic E-state index is -0.704. The summed E-state index contributed by atoms with van der Waals surface area (Å²) in [7, 11) is 2.58. The SMILES string of the molecule is COC(=O)N[C@@H](C)C(=O)N1[C@@H]2CC[C@@H](C2)[C@H]1c1ncc(-c2ccc3cc(-c4ccc5nc([C@@H]6CCCN6C(=O)[C@@H](NC(=O)OC)C(C)C)[nH]c5c4)ccc3c2)[nH]1. The predicted octanol–water partition coefficient (Wildman–Crippen LogP) is 6.61. The van der Waals surface area contributed by atoms with Gasteiger partial charge in [0, 0.05) is 18.2 Å². The van der Waals surface area contributed by atoms with Crippen LogP contribution in [0.25, 0.3) is 44.2 Å². The summed E-state index contributed by atoms with van der Waals surface area (Å²) in [6.07, 6.45) is 5.14. The summed E-state index contributed by atoms with van der Waals surface area (Å²) >= 11 is 0. The quantitative estimate of drug-likeness (QED) is 0.130. The Morgan fingerprint density at radius 3 is 2.25 bits per heavy atom. The highest BCUT2D eigenvalue weighted by Gasteiger charge is 2.50. The fourth-order valence-corrected chi connectivity index (χ4v) is 8.96. The fourth-order valence-electron chi connectivity index (χ4n) is 8.96. The Morgan fingerprint density at radius 2 is 1.50 bits per heavy atom. The third-order valence-electron chi connectivity index (χ3n) is 11.8. The van der Waals surface area contributed by atoms with Gasteiger partial charge in [0.05, 0.1) is 49.2 Å². The molecule has 4 N–H and O–H groups in total. The first-order valence-corrected chi connectivity index (χ1v) is 19.4. The lowest BCUT2D eigenvalue weighted by Gasteiger charge is -2.36. The van der Waals surface area contributed by atoms with E-state index in [1.54, 1.807) is 6.92 Å². The number of ether oxygens (including phenoxy) is 2. The van der Waals surface area contributed by atoms with E-state index in [-0.39, 0.29) is 35.9 Å². The molecule has 14 nitrogen and oxygen atoms in total. The molecule has 2 bridgehead atoms. The molecule has 3 aromatic carbocycles. The molecule has 292 valence electrons. The number of rotatable bonds is 9. The van der Waals surface area contributed by atoms with E-state index in [1.807, 2.05) is 35.9 Å². The van der Waals surface area contributed by atoms with Gasteiger partial charge in [0.1, 0.15) is 23.7 Å². The molecule has 0 unspecified atom stereocenters. The first-order chi connectivity index (χ1) is 27.0. The van der Waals surface area contributed by atoms with Gasteiger partial charge in [-0.3, -0.25) is 9.59 Å². The Labute approximate surface area is 324 Å². The molecule has 2 aliphatic heterocycles. The zero-order valence-corrected chi connectivity index (χ0v) is 32.3. The third kappa shape index (κ3) is 6.81. The molecule has 8 rings (SSSR count). The van der Waals surface area contributed by atoms with Crippen molar-refractivity contribution in [2.45, 2.75) is 83.1 Å². The summed E-state index contributed by atoms with van der Waals surface area (Å²) in [6, 6.07) is 17.3. The van der Waals surface area contributed by atoms with E-state index >= 15 is 0 Å². The number of carbonyl (C=O) groups excluding carboxylic acids is 4. The summed E-state index contributed by atoms with van der Waals surface area (Å²) in [6.45, 7) is 6.09. The maximum atomic E-state index is 13.6. The van der Waals surface area contributed by atoms with Crippen LogP contribution in [0.3, 0.4) is 0 Å². The highest BCUT2D eigenvalue weighted by Crippen LogP contribution is 2.50. The number of likely N-dealkylation sites (tertiary alicyclic amines) is 2. The van der Waals surface area contributed by atoms with Crippen molar-refractivity contribution in [3.05, 3.63) is 72.4 Å². The number of aromatic amines is 2. The number of methoxy groups -OCH3 is 2. The fraction of sp³-hybridized carbons (Fsp3) is 0.429. The molecule has 2 saturated heterocycles. The predicted molar refractivity (Wildman–Crippen MR) is 210 cm³/mol. The van der Waals surface area contributed by atoms with Gasteiger partial charge in [-0.05, 0) is 97.0 Å². The van der Waals surface area contributed by atoms with Gasteiger partial charge in [0.25, 0.3) is 0 Å². The van der Waals surface area contributed by atoms with Gasteiger partial charge >= 0.3 is 12.2 Å². The molecule has 1 saturated carbocycles. The molecule has 0 radical (unpaired) electrons. The van der Waals surface area contributed by atoms with E-state index in [4.69, 9.17) is 19.4 Å². The number of piperidine rings is 1. The number of nitrogens with zero attached hydrogens (tertiary/aromatic N) is 4. The molecule has 4 heterocycles. The molecule has 5 aromatic rings. The summed E-state index contributed by atoms with van der Waals surface area (Å²) in [4.78, 5) is 71.4. The van der Waals surface area contributed by atoms with Crippen molar-refractivity contribution in [1.29, 1.82) is 0 Å². The van der Waals surface area contributed by atoms with Crippen LogP contribution in [-0.4, -0.2) is 92.6 Å². The number of hydrogen-bond acceptors (Lipinski definition) is 8.